The molecule has 0 saturated carbocycles. The van der Waals surface area contributed by atoms with Crippen molar-refractivity contribution in [3.8, 4) is 0 Å². The number of hydrogen-bond donors (Lipinski definition) is 2. The number of carbonyl (C=O) groups is 2. The van der Waals surface area contributed by atoms with E-state index in [1.165, 1.54) is 6.20 Å². The number of rotatable bonds is 6. The summed E-state index contributed by atoms with van der Waals surface area (Å²) >= 11 is 0. The summed E-state index contributed by atoms with van der Waals surface area (Å²) < 4.78 is 0. The number of carboxylic acids is 1. The van der Waals surface area contributed by atoms with E-state index in [1.807, 2.05) is 13.8 Å². The van der Waals surface area contributed by atoms with Crippen molar-refractivity contribution in [2.75, 3.05) is 6.54 Å². The normalized spacial score (nSPS) is 11.9. The summed E-state index contributed by atoms with van der Waals surface area (Å²) in [6.07, 6.45) is 2.82. The molecule has 0 aromatic carbocycles. The molecule has 1 unspecified atom stereocenters. The summed E-state index contributed by atoms with van der Waals surface area (Å²) in [5.74, 6) is -1.69. The van der Waals surface area contributed by atoms with E-state index >= 15 is 0 Å². The van der Waals surface area contributed by atoms with Gasteiger partial charge in [-0.3, -0.25) is 14.6 Å². The van der Waals surface area contributed by atoms with Crippen LogP contribution in [0.5, 0.6) is 0 Å². The lowest BCUT2D eigenvalue weighted by atomic mass is 10.0. The molecule has 5 nitrogen and oxygen atoms in total. The minimum absolute atomic E-state index is 0.149. The van der Waals surface area contributed by atoms with Gasteiger partial charge < -0.3 is 10.4 Å². The molecule has 0 radical (unpaired) electrons. The highest BCUT2D eigenvalue weighted by Crippen LogP contribution is 2.06. The van der Waals surface area contributed by atoms with E-state index in [0.717, 1.165) is 12.1 Å². The molecule has 0 aliphatic heterocycles. The van der Waals surface area contributed by atoms with Crippen LogP contribution in [0.15, 0.2) is 18.3 Å². The van der Waals surface area contributed by atoms with E-state index in [2.05, 4.69) is 10.3 Å². The van der Waals surface area contributed by atoms with Crippen LogP contribution < -0.4 is 5.32 Å². The lowest BCUT2D eigenvalue weighted by Gasteiger charge is -2.12. The zero-order valence-corrected chi connectivity index (χ0v) is 10.6. The van der Waals surface area contributed by atoms with Crippen LogP contribution in [0.3, 0.4) is 0 Å². The molecular formula is C13H18N2O3. The van der Waals surface area contributed by atoms with Crippen molar-refractivity contribution in [3.05, 3.63) is 29.6 Å². The second-order valence-corrected chi connectivity index (χ2v) is 4.22. The summed E-state index contributed by atoms with van der Waals surface area (Å²) in [6.45, 7) is 3.90. The molecule has 0 aliphatic carbocycles. The van der Waals surface area contributed by atoms with Gasteiger partial charge in [-0.05, 0) is 25.5 Å². The largest absolute Gasteiger partial charge is 0.481 e. The highest BCUT2D eigenvalue weighted by Gasteiger charge is 2.17. The summed E-state index contributed by atoms with van der Waals surface area (Å²) in [5.41, 5.74) is 1.28. The Balaban J connectivity index is 2.54. The number of pyridine rings is 1. The number of carbonyl (C=O) groups excluding carboxylic acids is 1. The van der Waals surface area contributed by atoms with E-state index in [0.29, 0.717) is 12.0 Å². The van der Waals surface area contributed by atoms with Gasteiger partial charge in [0, 0.05) is 18.4 Å². The Kier molecular flexibility index (Phi) is 5.30. The number of nitrogens with zero attached hydrogens (tertiary/aromatic N) is 1. The van der Waals surface area contributed by atoms with Gasteiger partial charge in [-0.25, -0.2) is 0 Å². The maximum atomic E-state index is 11.7. The van der Waals surface area contributed by atoms with Crippen LogP contribution in [0.2, 0.25) is 0 Å². The molecule has 1 aromatic rings. The highest BCUT2D eigenvalue weighted by molar-refractivity contribution is 5.94. The first-order valence-corrected chi connectivity index (χ1v) is 5.98. The van der Waals surface area contributed by atoms with Crippen molar-refractivity contribution >= 4 is 11.9 Å². The fraction of sp³-hybridized carbons (Fsp3) is 0.462. The zero-order valence-electron chi connectivity index (χ0n) is 10.6. The van der Waals surface area contributed by atoms with Crippen LogP contribution in [0.1, 0.15) is 35.8 Å². The number of amides is 1. The average molecular weight is 250 g/mol. The third kappa shape index (κ3) is 4.16. The van der Waals surface area contributed by atoms with Crippen LogP contribution in [0.4, 0.5) is 0 Å². The van der Waals surface area contributed by atoms with E-state index in [9.17, 15) is 9.59 Å². The molecule has 1 amide bonds. The predicted molar refractivity (Wildman–Crippen MR) is 67.3 cm³/mol. The minimum atomic E-state index is -0.876. The van der Waals surface area contributed by atoms with Crippen molar-refractivity contribution < 1.29 is 14.7 Å². The van der Waals surface area contributed by atoms with Gasteiger partial charge in [0.25, 0.3) is 5.91 Å². The molecule has 0 saturated heterocycles. The number of carboxylic acid groups (broad SMARTS) is 1. The van der Waals surface area contributed by atoms with Gasteiger partial charge in [-0.15, -0.1) is 0 Å². The molecule has 0 fully saturated rings. The molecule has 2 N–H and O–H groups in total. The smallest absolute Gasteiger partial charge is 0.308 e. The number of hydrogen-bond acceptors (Lipinski definition) is 3. The molecule has 0 aliphatic rings. The van der Waals surface area contributed by atoms with Gasteiger partial charge in [-0.1, -0.05) is 13.3 Å². The van der Waals surface area contributed by atoms with Crippen LogP contribution in [-0.4, -0.2) is 28.5 Å². The maximum Gasteiger partial charge on any atom is 0.308 e. The molecule has 5 heteroatoms. The summed E-state index contributed by atoms with van der Waals surface area (Å²) in [6, 6.07) is 3.42. The van der Waals surface area contributed by atoms with Crippen LogP contribution in [0, 0.1) is 12.8 Å². The average Bonchev–Trinajstić information content (AvgIpc) is 2.34. The van der Waals surface area contributed by atoms with Crippen molar-refractivity contribution in [3.63, 3.8) is 0 Å². The van der Waals surface area contributed by atoms with E-state index < -0.39 is 11.9 Å². The number of aromatic nitrogens is 1. The number of nitrogens with one attached hydrogen (secondary N) is 1. The van der Waals surface area contributed by atoms with Gasteiger partial charge in [-0.2, -0.15) is 0 Å². The molecule has 1 heterocycles. The number of aryl methyl sites for hydroxylation is 1. The Hall–Kier alpha value is -1.91. The Labute approximate surface area is 106 Å². The predicted octanol–water partition coefficient (Wildman–Crippen LogP) is 1.62. The van der Waals surface area contributed by atoms with Crippen LogP contribution >= 0.6 is 0 Å². The van der Waals surface area contributed by atoms with Gasteiger partial charge in [0.05, 0.1) is 11.5 Å². The van der Waals surface area contributed by atoms with Gasteiger partial charge >= 0.3 is 5.97 Å². The number of aliphatic carboxylic acids is 1. The summed E-state index contributed by atoms with van der Waals surface area (Å²) in [5, 5.41) is 11.6. The third-order valence-corrected chi connectivity index (χ3v) is 2.67. The Morgan fingerprint density at radius 3 is 2.67 bits per heavy atom. The first-order valence-electron chi connectivity index (χ1n) is 5.98. The standard InChI is InChI=1S/C13H18N2O3/c1-3-4-11(13(17)18)8-15-12(16)10-6-5-9(2)14-7-10/h5-7,11H,3-4,8H2,1-2H3,(H,15,16)(H,17,18). The van der Waals surface area contributed by atoms with Crippen molar-refractivity contribution in [1.29, 1.82) is 0 Å². The second-order valence-electron chi connectivity index (χ2n) is 4.22. The zero-order chi connectivity index (χ0) is 13.5. The Morgan fingerprint density at radius 1 is 1.44 bits per heavy atom. The van der Waals surface area contributed by atoms with Crippen molar-refractivity contribution in [1.82, 2.24) is 10.3 Å². The fourth-order valence-corrected chi connectivity index (χ4v) is 1.58. The maximum absolute atomic E-state index is 11.7. The van der Waals surface area contributed by atoms with Gasteiger partial charge in [0.15, 0.2) is 0 Å². The summed E-state index contributed by atoms with van der Waals surface area (Å²) in [7, 11) is 0. The molecule has 0 bridgehead atoms. The summed E-state index contributed by atoms with van der Waals surface area (Å²) in [4.78, 5) is 26.7. The Bertz CT molecular complexity index is 415. The van der Waals surface area contributed by atoms with E-state index in [-0.39, 0.29) is 12.5 Å². The van der Waals surface area contributed by atoms with Gasteiger partial charge in [0.2, 0.25) is 0 Å². The van der Waals surface area contributed by atoms with Crippen LogP contribution in [0.25, 0.3) is 0 Å². The second kappa shape index (κ2) is 6.74. The van der Waals surface area contributed by atoms with E-state index in [1.54, 1.807) is 12.1 Å². The molecule has 1 rings (SSSR count). The van der Waals surface area contributed by atoms with Gasteiger partial charge in [0.1, 0.15) is 0 Å². The molecule has 18 heavy (non-hydrogen) atoms. The molecular weight excluding hydrogens is 232 g/mol. The lowest BCUT2D eigenvalue weighted by Crippen LogP contribution is -2.33. The third-order valence-electron chi connectivity index (χ3n) is 2.67. The topological polar surface area (TPSA) is 79.3 Å². The highest BCUT2D eigenvalue weighted by atomic mass is 16.4. The van der Waals surface area contributed by atoms with Crippen molar-refractivity contribution in [2.24, 2.45) is 5.92 Å². The fourth-order valence-electron chi connectivity index (χ4n) is 1.58. The Morgan fingerprint density at radius 2 is 2.17 bits per heavy atom. The SMILES string of the molecule is CCCC(CNC(=O)c1ccc(C)nc1)C(=O)O. The van der Waals surface area contributed by atoms with Crippen LogP contribution in [-0.2, 0) is 4.79 Å². The lowest BCUT2D eigenvalue weighted by molar-refractivity contribution is -0.141. The van der Waals surface area contributed by atoms with E-state index in [4.69, 9.17) is 5.11 Å². The quantitative estimate of drug-likeness (QED) is 0.804. The van der Waals surface area contributed by atoms with Crippen molar-refractivity contribution in [2.45, 2.75) is 26.7 Å². The minimum Gasteiger partial charge on any atom is -0.481 e. The molecule has 1 aromatic heterocycles. The molecule has 1 atom stereocenters. The molecule has 0 spiro atoms. The first-order chi connectivity index (χ1) is 8.54. The molecule has 98 valence electrons. The first kappa shape index (κ1) is 14.2. The monoisotopic (exact) mass is 250 g/mol.